The Hall–Kier alpha value is -1.98. The lowest BCUT2D eigenvalue weighted by atomic mass is 10.3. The van der Waals surface area contributed by atoms with E-state index in [1.165, 1.54) is 9.21 Å². The van der Waals surface area contributed by atoms with E-state index >= 15 is 0 Å². The van der Waals surface area contributed by atoms with Crippen molar-refractivity contribution < 1.29 is 22.5 Å². The van der Waals surface area contributed by atoms with Crippen molar-refractivity contribution >= 4 is 22.0 Å². The molecule has 1 aromatic rings. The van der Waals surface area contributed by atoms with Gasteiger partial charge in [0, 0.05) is 26.2 Å². The molecular weight excluding hydrogens is 374 g/mol. The van der Waals surface area contributed by atoms with Crippen molar-refractivity contribution in [2.45, 2.75) is 31.6 Å². The normalized spacial score (nSPS) is 20.1. The zero-order valence-electron chi connectivity index (χ0n) is 15.6. The van der Waals surface area contributed by atoms with Gasteiger partial charge in [-0.3, -0.25) is 9.69 Å². The van der Waals surface area contributed by atoms with Crippen LogP contribution in [0, 0.1) is 13.8 Å². The highest BCUT2D eigenvalue weighted by Gasteiger charge is 2.32. The van der Waals surface area contributed by atoms with E-state index in [9.17, 15) is 18.0 Å². The van der Waals surface area contributed by atoms with Crippen LogP contribution in [0.5, 0.6) is 0 Å². The first-order chi connectivity index (χ1) is 12.8. The minimum atomic E-state index is -3.63. The Labute approximate surface area is 158 Å². The standard InChI is InChI=1S/C16H25N5O5S/c1-12-15(13(2)26-18-12)27(24,25)20-7-3-5-19(9-10-20)6-4-8-21-14(22)11-17-16(21)23/h3-11H2,1-2H3,(H,17,23). The second-order valence-electron chi connectivity index (χ2n) is 6.81. The summed E-state index contributed by atoms with van der Waals surface area (Å²) in [6, 6.07) is -0.340. The maximum Gasteiger partial charge on any atom is 0.324 e. The molecule has 3 rings (SSSR count). The van der Waals surface area contributed by atoms with Gasteiger partial charge in [0.25, 0.3) is 0 Å². The van der Waals surface area contributed by atoms with Gasteiger partial charge < -0.3 is 14.7 Å². The Morgan fingerprint density at radius 3 is 2.52 bits per heavy atom. The molecule has 27 heavy (non-hydrogen) atoms. The molecule has 3 amide bonds. The highest BCUT2D eigenvalue weighted by Crippen LogP contribution is 2.24. The molecule has 150 valence electrons. The topological polar surface area (TPSA) is 116 Å². The SMILES string of the molecule is Cc1noc(C)c1S(=O)(=O)N1CCCN(CCCN2C(=O)CNC2=O)CC1. The molecule has 1 N–H and O–H groups in total. The fraction of sp³-hybridized carbons (Fsp3) is 0.688. The number of rotatable bonds is 6. The number of carbonyl (C=O) groups excluding carboxylic acids is 2. The predicted octanol–water partition coefficient (Wildman–Crippen LogP) is -0.0703. The van der Waals surface area contributed by atoms with Crippen molar-refractivity contribution in [2.24, 2.45) is 0 Å². The quantitative estimate of drug-likeness (QED) is 0.666. The Balaban J connectivity index is 1.54. The number of urea groups is 1. The summed E-state index contributed by atoms with van der Waals surface area (Å²) in [6.07, 6.45) is 1.38. The van der Waals surface area contributed by atoms with E-state index in [0.717, 1.165) is 6.54 Å². The smallest absolute Gasteiger partial charge is 0.324 e. The number of hydrogen-bond donors (Lipinski definition) is 1. The van der Waals surface area contributed by atoms with Gasteiger partial charge in [-0.05, 0) is 39.8 Å². The van der Waals surface area contributed by atoms with Crippen molar-refractivity contribution in [1.29, 1.82) is 0 Å². The van der Waals surface area contributed by atoms with Crippen LogP contribution in [0.25, 0.3) is 0 Å². The molecule has 0 radical (unpaired) electrons. The lowest BCUT2D eigenvalue weighted by Gasteiger charge is -2.22. The summed E-state index contributed by atoms with van der Waals surface area (Å²) in [4.78, 5) is 26.7. The van der Waals surface area contributed by atoms with Crippen LogP contribution in [0.15, 0.2) is 9.42 Å². The van der Waals surface area contributed by atoms with Crippen molar-refractivity contribution in [3.05, 3.63) is 11.5 Å². The maximum absolute atomic E-state index is 12.9. The van der Waals surface area contributed by atoms with Gasteiger partial charge in [-0.2, -0.15) is 4.31 Å². The van der Waals surface area contributed by atoms with E-state index in [1.807, 2.05) is 0 Å². The lowest BCUT2D eigenvalue weighted by molar-refractivity contribution is -0.125. The van der Waals surface area contributed by atoms with Crippen LogP contribution in [0.4, 0.5) is 4.79 Å². The average molecular weight is 399 g/mol. The van der Waals surface area contributed by atoms with E-state index in [1.54, 1.807) is 13.8 Å². The minimum Gasteiger partial charge on any atom is -0.360 e. The summed E-state index contributed by atoms with van der Waals surface area (Å²) < 4.78 is 32.4. The predicted molar refractivity (Wildman–Crippen MR) is 95.5 cm³/mol. The van der Waals surface area contributed by atoms with Crippen LogP contribution >= 0.6 is 0 Å². The molecule has 1 aromatic heterocycles. The number of nitrogens with zero attached hydrogens (tertiary/aromatic N) is 4. The monoisotopic (exact) mass is 399 g/mol. The number of amides is 3. The van der Waals surface area contributed by atoms with E-state index in [-0.39, 0.29) is 23.4 Å². The number of sulfonamides is 1. The number of imide groups is 1. The third-order valence-electron chi connectivity index (χ3n) is 4.91. The molecular formula is C16H25N5O5S. The van der Waals surface area contributed by atoms with Crippen molar-refractivity contribution in [3.63, 3.8) is 0 Å². The first kappa shape index (κ1) is 19.8. The van der Waals surface area contributed by atoms with Crippen LogP contribution in [0.1, 0.15) is 24.3 Å². The summed E-state index contributed by atoms with van der Waals surface area (Å²) in [5.74, 6) is 0.106. The number of nitrogens with one attached hydrogen (secondary N) is 1. The van der Waals surface area contributed by atoms with Gasteiger partial charge >= 0.3 is 6.03 Å². The molecule has 10 nitrogen and oxygen atoms in total. The molecule has 0 spiro atoms. The van der Waals surface area contributed by atoms with E-state index < -0.39 is 10.0 Å². The van der Waals surface area contributed by atoms with E-state index in [4.69, 9.17) is 4.52 Å². The molecule has 0 saturated carbocycles. The van der Waals surface area contributed by atoms with Gasteiger partial charge in [0.2, 0.25) is 15.9 Å². The van der Waals surface area contributed by atoms with Crippen molar-refractivity contribution in [2.75, 3.05) is 45.8 Å². The minimum absolute atomic E-state index is 0.0665. The van der Waals surface area contributed by atoms with Gasteiger partial charge in [-0.15, -0.1) is 0 Å². The van der Waals surface area contributed by atoms with Gasteiger partial charge in [0.15, 0.2) is 5.76 Å². The second-order valence-corrected chi connectivity index (χ2v) is 8.68. The largest absolute Gasteiger partial charge is 0.360 e. The Morgan fingerprint density at radius 1 is 1.11 bits per heavy atom. The molecule has 2 fully saturated rings. The summed E-state index contributed by atoms with van der Waals surface area (Å²) in [5, 5.41) is 6.25. The highest BCUT2D eigenvalue weighted by molar-refractivity contribution is 7.89. The average Bonchev–Trinajstić information content (AvgIpc) is 3.01. The fourth-order valence-corrected chi connectivity index (χ4v) is 5.28. The number of aromatic nitrogens is 1. The number of hydrogen-bond acceptors (Lipinski definition) is 7. The summed E-state index contributed by atoms with van der Waals surface area (Å²) in [7, 11) is -3.63. The zero-order chi connectivity index (χ0) is 19.6. The van der Waals surface area contributed by atoms with Gasteiger partial charge in [0.1, 0.15) is 10.6 Å². The van der Waals surface area contributed by atoms with Gasteiger partial charge in [0.05, 0.1) is 6.54 Å². The lowest BCUT2D eigenvalue weighted by Crippen LogP contribution is -2.37. The Morgan fingerprint density at radius 2 is 1.89 bits per heavy atom. The summed E-state index contributed by atoms with van der Waals surface area (Å²) in [5.41, 5.74) is 0.377. The van der Waals surface area contributed by atoms with Crippen LogP contribution < -0.4 is 5.32 Å². The molecule has 0 atom stereocenters. The molecule has 2 aliphatic rings. The Bertz CT molecular complexity index is 786. The summed E-state index contributed by atoms with van der Waals surface area (Å²) in [6.45, 7) is 6.58. The second kappa shape index (κ2) is 7.95. The molecule has 0 aromatic carbocycles. The van der Waals surface area contributed by atoms with E-state index in [0.29, 0.717) is 57.0 Å². The third kappa shape index (κ3) is 4.14. The zero-order valence-corrected chi connectivity index (χ0v) is 16.4. The number of carbonyl (C=O) groups is 2. The molecule has 0 aliphatic carbocycles. The first-order valence-corrected chi connectivity index (χ1v) is 10.5. The summed E-state index contributed by atoms with van der Waals surface area (Å²) >= 11 is 0. The number of aryl methyl sites for hydroxylation is 2. The maximum atomic E-state index is 12.9. The Kier molecular flexibility index (Phi) is 5.82. The third-order valence-corrected chi connectivity index (χ3v) is 7.05. The molecule has 2 aliphatic heterocycles. The molecule has 0 bridgehead atoms. The van der Waals surface area contributed by atoms with Crippen molar-refractivity contribution in [3.8, 4) is 0 Å². The van der Waals surface area contributed by atoms with Crippen molar-refractivity contribution in [1.82, 2.24) is 24.6 Å². The molecule has 3 heterocycles. The van der Waals surface area contributed by atoms with E-state index in [2.05, 4.69) is 15.4 Å². The van der Waals surface area contributed by atoms with Crippen LogP contribution in [0.3, 0.4) is 0 Å². The first-order valence-electron chi connectivity index (χ1n) is 9.04. The molecule has 2 saturated heterocycles. The van der Waals surface area contributed by atoms with Crippen LogP contribution in [0.2, 0.25) is 0 Å². The van der Waals surface area contributed by atoms with Gasteiger partial charge in [-0.25, -0.2) is 13.2 Å². The molecule has 11 heteroatoms. The van der Waals surface area contributed by atoms with Crippen LogP contribution in [-0.2, 0) is 14.8 Å². The molecule has 0 unspecified atom stereocenters. The highest BCUT2D eigenvalue weighted by atomic mass is 32.2. The van der Waals surface area contributed by atoms with Gasteiger partial charge in [-0.1, -0.05) is 5.16 Å². The fourth-order valence-electron chi connectivity index (χ4n) is 3.52. The van der Waals surface area contributed by atoms with Crippen LogP contribution in [-0.4, -0.2) is 85.4 Å².